The van der Waals surface area contributed by atoms with Gasteiger partial charge >= 0.3 is 0 Å². The Morgan fingerprint density at radius 2 is 2.00 bits per heavy atom. The van der Waals surface area contributed by atoms with E-state index in [0.717, 1.165) is 0 Å². The second-order valence-corrected chi connectivity index (χ2v) is 4.88. The molecule has 0 saturated heterocycles. The van der Waals surface area contributed by atoms with Crippen molar-refractivity contribution in [3.05, 3.63) is 63.3 Å². The van der Waals surface area contributed by atoms with Gasteiger partial charge in [-0.3, -0.25) is 14.2 Å². The van der Waals surface area contributed by atoms with Crippen LogP contribution in [0.3, 0.4) is 0 Å². The van der Waals surface area contributed by atoms with Crippen LogP contribution in [0.1, 0.15) is 16.2 Å². The summed E-state index contributed by atoms with van der Waals surface area (Å²) in [6, 6.07) is 8.15. The number of pyridine rings is 1. The number of halogens is 1. The third kappa shape index (κ3) is 1.32. The van der Waals surface area contributed by atoms with Gasteiger partial charge < -0.3 is 0 Å². The molecule has 0 atom stereocenters. The van der Waals surface area contributed by atoms with Crippen molar-refractivity contribution in [2.75, 3.05) is 0 Å². The number of fused-ring (bicyclic) bond motifs is 4. The van der Waals surface area contributed by atoms with Gasteiger partial charge in [-0.15, -0.1) is 0 Å². The smallest absolute Gasteiger partial charge is 0.267 e. The Labute approximate surface area is 117 Å². The third-order valence-electron chi connectivity index (χ3n) is 3.29. The molecule has 1 aliphatic rings. The first-order valence-corrected chi connectivity index (χ1v) is 6.27. The summed E-state index contributed by atoms with van der Waals surface area (Å²) in [5.41, 5.74) is 0.874. The largest absolute Gasteiger partial charge is 0.285 e. The van der Waals surface area contributed by atoms with Crippen molar-refractivity contribution in [2.24, 2.45) is 0 Å². The van der Waals surface area contributed by atoms with Crippen LogP contribution >= 0.6 is 11.6 Å². The van der Waals surface area contributed by atoms with Crippen molar-refractivity contribution < 1.29 is 4.79 Å². The zero-order valence-electron chi connectivity index (χ0n) is 10.0. The summed E-state index contributed by atoms with van der Waals surface area (Å²) in [5, 5.41) is 0.826. The molecule has 6 heteroatoms. The molecular formula is C14H6ClN3O2. The van der Waals surface area contributed by atoms with Gasteiger partial charge in [-0.1, -0.05) is 11.6 Å². The number of hydrogen-bond acceptors (Lipinski definition) is 4. The van der Waals surface area contributed by atoms with Gasteiger partial charge in [0.2, 0.25) is 5.78 Å². The van der Waals surface area contributed by atoms with Crippen LogP contribution < -0.4 is 5.56 Å². The molecule has 1 aliphatic heterocycles. The van der Waals surface area contributed by atoms with E-state index in [1.165, 1.54) is 10.8 Å². The quantitative estimate of drug-likeness (QED) is 0.495. The van der Waals surface area contributed by atoms with Crippen LogP contribution in [0.25, 0.3) is 16.7 Å². The van der Waals surface area contributed by atoms with Crippen LogP contribution in [0.5, 0.6) is 0 Å². The summed E-state index contributed by atoms with van der Waals surface area (Å²) in [6.07, 6.45) is 1.54. The molecule has 0 amide bonds. The normalized spacial score (nSPS) is 12.6. The van der Waals surface area contributed by atoms with Crippen molar-refractivity contribution in [2.45, 2.75) is 0 Å². The van der Waals surface area contributed by atoms with Crippen LogP contribution in [0.4, 0.5) is 0 Å². The highest BCUT2D eigenvalue weighted by Crippen LogP contribution is 2.28. The molecule has 0 N–H and O–H groups in total. The van der Waals surface area contributed by atoms with Gasteiger partial charge in [-0.2, -0.15) is 0 Å². The first-order chi connectivity index (χ1) is 9.66. The van der Waals surface area contributed by atoms with Gasteiger partial charge in [0, 0.05) is 11.2 Å². The van der Waals surface area contributed by atoms with E-state index in [1.807, 2.05) is 0 Å². The molecule has 0 radical (unpaired) electrons. The van der Waals surface area contributed by atoms with E-state index in [4.69, 9.17) is 11.6 Å². The van der Waals surface area contributed by atoms with E-state index in [2.05, 4.69) is 9.97 Å². The highest BCUT2D eigenvalue weighted by molar-refractivity contribution is 6.31. The summed E-state index contributed by atoms with van der Waals surface area (Å²) < 4.78 is 1.32. The number of carbonyl (C=O) groups is 1. The summed E-state index contributed by atoms with van der Waals surface area (Å²) in [6.45, 7) is 0. The number of rotatable bonds is 0. The first-order valence-electron chi connectivity index (χ1n) is 5.89. The molecule has 0 saturated carbocycles. The van der Waals surface area contributed by atoms with Crippen LogP contribution in [0.15, 0.2) is 41.3 Å². The molecule has 3 heterocycles. The van der Waals surface area contributed by atoms with E-state index in [0.29, 0.717) is 21.7 Å². The minimum Gasteiger partial charge on any atom is -0.285 e. The van der Waals surface area contributed by atoms with Gasteiger partial charge in [-0.05, 0) is 30.3 Å². The molecule has 0 spiro atoms. The lowest BCUT2D eigenvalue weighted by Gasteiger charge is -2.04. The van der Waals surface area contributed by atoms with Gasteiger partial charge in [-0.25, -0.2) is 9.97 Å². The fourth-order valence-corrected chi connectivity index (χ4v) is 2.57. The van der Waals surface area contributed by atoms with Gasteiger partial charge in [0.25, 0.3) is 5.56 Å². The number of aromatic nitrogens is 3. The number of carbonyl (C=O) groups excluding carboxylic acids is 1. The summed E-state index contributed by atoms with van der Waals surface area (Å²) in [7, 11) is 0. The maximum atomic E-state index is 12.5. The summed E-state index contributed by atoms with van der Waals surface area (Å²) in [5.74, 6) is -0.231. The van der Waals surface area contributed by atoms with Gasteiger partial charge in [0.15, 0.2) is 11.5 Å². The number of benzene rings is 1. The Morgan fingerprint density at radius 1 is 1.15 bits per heavy atom. The van der Waals surface area contributed by atoms with Crippen molar-refractivity contribution in [3.63, 3.8) is 0 Å². The monoisotopic (exact) mass is 283 g/mol. The molecule has 1 aromatic carbocycles. The molecule has 0 fully saturated rings. The van der Waals surface area contributed by atoms with E-state index in [9.17, 15) is 9.59 Å². The Kier molecular flexibility index (Phi) is 2.11. The molecule has 0 aliphatic carbocycles. The highest BCUT2D eigenvalue weighted by Gasteiger charge is 2.30. The standard InChI is InChI=1S/C14H6ClN3O2/c15-7-3-4-10-9(6-7)11(19)13-17-12-8(2-1-5-16-12)14(20)18(10)13/h1-6H. The maximum absolute atomic E-state index is 12.5. The molecule has 2 aromatic heterocycles. The predicted octanol–water partition coefficient (Wildman–Crippen LogP) is 1.98. The second-order valence-electron chi connectivity index (χ2n) is 4.44. The van der Waals surface area contributed by atoms with E-state index in [1.54, 1.807) is 30.3 Å². The zero-order valence-corrected chi connectivity index (χ0v) is 10.8. The minimum atomic E-state index is -0.313. The fraction of sp³-hybridized carbons (Fsp3) is 0. The molecule has 20 heavy (non-hydrogen) atoms. The first kappa shape index (κ1) is 11.3. The maximum Gasteiger partial charge on any atom is 0.267 e. The van der Waals surface area contributed by atoms with Gasteiger partial charge in [0.1, 0.15) is 0 Å². The average Bonchev–Trinajstić information content (AvgIpc) is 2.73. The molecular weight excluding hydrogens is 278 g/mol. The van der Waals surface area contributed by atoms with Crippen molar-refractivity contribution >= 4 is 28.4 Å². The second kappa shape index (κ2) is 3.74. The number of nitrogens with zero attached hydrogens (tertiary/aromatic N) is 3. The molecule has 0 bridgehead atoms. The van der Waals surface area contributed by atoms with Crippen LogP contribution in [0.2, 0.25) is 5.02 Å². The summed E-state index contributed by atoms with van der Waals surface area (Å²) in [4.78, 5) is 33.1. The van der Waals surface area contributed by atoms with Crippen molar-refractivity contribution in [1.82, 2.24) is 14.5 Å². The van der Waals surface area contributed by atoms with Crippen molar-refractivity contribution in [3.8, 4) is 5.69 Å². The molecule has 5 nitrogen and oxygen atoms in total. The van der Waals surface area contributed by atoms with Crippen LogP contribution in [-0.2, 0) is 0 Å². The average molecular weight is 284 g/mol. The van der Waals surface area contributed by atoms with Crippen molar-refractivity contribution in [1.29, 1.82) is 0 Å². The molecule has 4 rings (SSSR count). The van der Waals surface area contributed by atoms with E-state index >= 15 is 0 Å². The molecule has 3 aromatic rings. The van der Waals surface area contributed by atoms with Gasteiger partial charge in [0.05, 0.1) is 16.6 Å². The SMILES string of the molecule is O=C1c2cc(Cl)ccc2-n2c1nc1ncccc1c2=O. The predicted molar refractivity (Wildman–Crippen MR) is 73.6 cm³/mol. The Morgan fingerprint density at radius 3 is 2.85 bits per heavy atom. The Bertz CT molecular complexity index is 962. The lowest BCUT2D eigenvalue weighted by molar-refractivity contribution is 0.103. The number of hydrogen-bond donors (Lipinski definition) is 0. The topological polar surface area (TPSA) is 64.8 Å². The third-order valence-corrected chi connectivity index (χ3v) is 3.53. The lowest BCUT2D eigenvalue weighted by Crippen LogP contribution is -2.21. The van der Waals surface area contributed by atoms with E-state index < -0.39 is 0 Å². The lowest BCUT2D eigenvalue weighted by atomic mass is 10.1. The van der Waals surface area contributed by atoms with Crippen LogP contribution in [-0.4, -0.2) is 20.3 Å². The van der Waals surface area contributed by atoms with E-state index in [-0.39, 0.29) is 22.8 Å². The highest BCUT2D eigenvalue weighted by atomic mass is 35.5. The minimum absolute atomic E-state index is 0.0819. The summed E-state index contributed by atoms with van der Waals surface area (Å²) >= 11 is 5.90. The number of ketones is 1. The fourth-order valence-electron chi connectivity index (χ4n) is 2.40. The molecule has 0 unspecified atom stereocenters. The van der Waals surface area contributed by atoms with Crippen LogP contribution in [0, 0.1) is 0 Å². The Balaban J connectivity index is 2.20. The Hall–Kier alpha value is -2.53. The molecule has 96 valence electrons. The zero-order chi connectivity index (χ0) is 13.9.